The van der Waals surface area contributed by atoms with Crippen molar-refractivity contribution < 1.29 is 9.53 Å². The van der Waals surface area contributed by atoms with E-state index >= 15 is 0 Å². The maximum atomic E-state index is 11.7. The quantitative estimate of drug-likeness (QED) is 0.785. The Balaban J connectivity index is 0.00000144. The minimum atomic E-state index is -0.449. The van der Waals surface area contributed by atoms with Crippen LogP contribution in [0.3, 0.4) is 0 Å². The Labute approximate surface area is 110 Å². The van der Waals surface area contributed by atoms with Gasteiger partial charge in [-0.25, -0.2) is 4.79 Å². The van der Waals surface area contributed by atoms with Crippen molar-refractivity contribution in [2.45, 2.75) is 0 Å². The summed E-state index contributed by atoms with van der Waals surface area (Å²) >= 11 is 5.77. The van der Waals surface area contributed by atoms with Crippen LogP contribution in [0.2, 0.25) is 5.02 Å². The van der Waals surface area contributed by atoms with Crippen LogP contribution < -0.4 is 4.74 Å². The SMILES string of the molecule is Cl.O=C(Oc1cccnc1)c1cccc(Cl)c1. The lowest BCUT2D eigenvalue weighted by atomic mass is 10.2. The first-order valence-electron chi connectivity index (χ1n) is 4.63. The van der Waals surface area contributed by atoms with E-state index in [9.17, 15) is 4.79 Å². The molecule has 0 aliphatic carbocycles. The number of benzene rings is 1. The number of rotatable bonds is 2. The second kappa shape index (κ2) is 6.23. The van der Waals surface area contributed by atoms with Gasteiger partial charge < -0.3 is 4.74 Å². The fraction of sp³-hybridized carbons (Fsp3) is 0. The lowest BCUT2D eigenvalue weighted by Crippen LogP contribution is -2.08. The molecule has 0 spiro atoms. The molecule has 0 saturated heterocycles. The Morgan fingerprint density at radius 2 is 2.06 bits per heavy atom. The van der Waals surface area contributed by atoms with Crippen LogP contribution >= 0.6 is 24.0 Å². The molecule has 1 aromatic heterocycles. The average Bonchev–Trinajstić information content (AvgIpc) is 2.30. The van der Waals surface area contributed by atoms with Gasteiger partial charge in [-0.05, 0) is 30.3 Å². The second-order valence-electron chi connectivity index (χ2n) is 3.09. The monoisotopic (exact) mass is 269 g/mol. The topological polar surface area (TPSA) is 39.2 Å². The van der Waals surface area contributed by atoms with E-state index in [0.717, 1.165) is 0 Å². The maximum Gasteiger partial charge on any atom is 0.343 e. The first-order chi connectivity index (χ1) is 7.75. The highest BCUT2D eigenvalue weighted by Crippen LogP contribution is 2.14. The molecule has 0 bridgehead atoms. The number of pyridine rings is 1. The molecule has 0 radical (unpaired) electrons. The number of hydrogen-bond acceptors (Lipinski definition) is 3. The molecule has 0 fully saturated rings. The third-order valence-corrected chi connectivity index (χ3v) is 2.14. The lowest BCUT2D eigenvalue weighted by Gasteiger charge is -2.03. The standard InChI is InChI=1S/C12H8ClNO2.ClH/c13-10-4-1-3-9(7-10)12(15)16-11-5-2-6-14-8-11;/h1-8H;1H. The number of carbonyl (C=O) groups is 1. The Bertz CT molecular complexity index is 503. The second-order valence-corrected chi connectivity index (χ2v) is 3.53. The predicted molar refractivity (Wildman–Crippen MR) is 67.9 cm³/mol. The normalized spacial score (nSPS) is 9.24. The van der Waals surface area contributed by atoms with Crippen molar-refractivity contribution in [2.24, 2.45) is 0 Å². The first kappa shape index (κ1) is 13.5. The smallest absolute Gasteiger partial charge is 0.343 e. The van der Waals surface area contributed by atoms with Crippen molar-refractivity contribution in [3.8, 4) is 5.75 Å². The molecule has 0 saturated carbocycles. The highest BCUT2D eigenvalue weighted by Gasteiger charge is 2.08. The van der Waals surface area contributed by atoms with Crippen LogP contribution in [0.5, 0.6) is 5.75 Å². The van der Waals surface area contributed by atoms with E-state index in [4.69, 9.17) is 16.3 Å². The number of halogens is 2. The molecule has 1 aromatic carbocycles. The molecule has 0 atom stereocenters. The van der Waals surface area contributed by atoms with Gasteiger partial charge in [-0.3, -0.25) is 4.98 Å². The van der Waals surface area contributed by atoms with Crippen molar-refractivity contribution >= 4 is 30.0 Å². The van der Waals surface area contributed by atoms with Gasteiger partial charge in [-0.1, -0.05) is 17.7 Å². The fourth-order valence-electron chi connectivity index (χ4n) is 1.19. The molecule has 0 aliphatic rings. The molecule has 5 heteroatoms. The summed E-state index contributed by atoms with van der Waals surface area (Å²) in [5.74, 6) is -0.0389. The maximum absolute atomic E-state index is 11.7. The van der Waals surface area contributed by atoms with E-state index in [0.29, 0.717) is 16.3 Å². The van der Waals surface area contributed by atoms with Crippen LogP contribution in [0.1, 0.15) is 10.4 Å². The lowest BCUT2D eigenvalue weighted by molar-refractivity contribution is 0.0734. The predicted octanol–water partition coefficient (Wildman–Crippen LogP) is 3.38. The van der Waals surface area contributed by atoms with Crippen molar-refractivity contribution in [1.82, 2.24) is 4.98 Å². The van der Waals surface area contributed by atoms with Crippen molar-refractivity contribution in [1.29, 1.82) is 0 Å². The van der Waals surface area contributed by atoms with Gasteiger partial charge in [0.25, 0.3) is 0 Å². The molecule has 3 nitrogen and oxygen atoms in total. The summed E-state index contributed by atoms with van der Waals surface area (Å²) in [6, 6.07) is 9.95. The molecular formula is C12H9Cl2NO2. The molecule has 1 heterocycles. The molecule has 17 heavy (non-hydrogen) atoms. The van der Waals surface area contributed by atoms with Crippen LogP contribution in [-0.2, 0) is 0 Å². The van der Waals surface area contributed by atoms with Crippen LogP contribution in [0.15, 0.2) is 48.8 Å². The molecule has 88 valence electrons. The van der Waals surface area contributed by atoms with Crippen LogP contribution in [0.25, 0.3) is 0 Å². The summed E-state index contributed by atoms with van der Waals surface area (Å²) < 4.78 is 5.10. The zero-order chi connectivity index (χ0) is 11.4. The minimum absolute atomic E-state index is 0. The summed E-state index contributed by atoms with van der Waals surface area (Å²) in [5, 5.41) is 0.501. The van der Waals surface area contributed by atoms with Crippen LogP contribution in [0, 0.1) is 0 Å². The molecule has 2 aromatic rings. The minimum Gasteiger partial charge on any atom is -0.421 e. The average molecular weight is 270 g/mol. The van der Waals surface area contributed by atoms with E-state index in [1.807, 2.05) is 0 Å². The van der Waals surface area contributed by atoms with Gasteiger partial charge >= 0.3 is 5.97 Å². The molecule has 0 N–H and O–H groups in total. The Morgan fingerprint density at radius 3 is 2.71 bits per heavy atom. The number of nitrogens with zero attached hydrogens (tertiary/aromatic N) is 1. The zero-order valence-electron chi connectivity index (χ0n) is 8.67. The zero-order valence-corrected chi connectivity index (χ0v) is 10.2. The highest BCUT2D eigenvalue weighted by molar-refractivity contribution is 6.30. The number of esters is 1. The summed E-state index contributed by atoms with van der Waals surface area (Å²) in [5.41, 5.74) is 0.413. The summed E-state index contributed by atoms with van der Waals surface area (Å²) in [7, 11) is 0. The Morgan fingerprint density at radius 1 is 1.24 bits per heavy atom. The molecule has 0 aliphatic heterocycles. The van der Waals surface area contributed by atoms with Crippen LogP contribution in [-0.4, -0.2) is 11.0 Å². The van der Waals surface area contributed by atoms with E-state index in [1.54, 1.807) is 42.6 Å². The number of aromatic nitrogens is 1. The summed E-state index contributed by atoms with van der Waals surface area (Å²) in [6.45, 7) is 0. The number of carbonyl (C=O) groups excluding carboxylic acids is 1. The van der Waals surface area contributed by atoms with Gasteiger partial charge in [-0.15, -0.1) is 12.4 Å². The Kier molecular flexibility index (Phi) is 4.94. The largest absolute Gasteiger partial charge is 0.421 e. The Hall–Kier alpha value is -1.58. The van der Waals surface area contributed by atoms with Crippen LogP contribution in [0.4, 0.5) is 0 Å². The van der Waals surface area contributed by atoms with Gasteiger partial charge in [0.2, 0.25) is 0 Å². The van der Waals surface area contributed by atoms with Gasteiger partial charge in [0.15, 0.2) is 0 Å². The van der Waals surface area contributed by atoms with Gasteiger partial charge in [0.1, 0.15) is 5.75 Å². The summed E-state index contributed by atoms with van der Waals surface area (Å²) in [4.78, 5) is 15.5. The van der Waals surface area contributed by atoms with E-state index in [2.05, 4.69) is 4.98 Å². The molecule has 2 rings (SSSR count). The highest BCUT2D eigenvalue weighted by atomic mass is 35.5. The number of ether oxygens (including phenoxy) is 1. The fourth-order valence-corrected chi connectivity index (χ4v) is 1.38. The van der Waals surface area contributed by atoms with Crippen molar-refractivity contribution in [3.05, 3.63) is 59.4 Å². The molecular weight excluding hydrogens is 261 g/mol. The van der Waals surface area contributed by atoms with E-state index < -0.39 is 5.97 Å². The van der Waals surface area contributed by atoms with Gasteiger partial charge in [0, 0.05) is 11.2 Å². The van der Waals surface area contributed by atoms with Crippen molar-refractivity contribution in [2.75, 3.05) is 0 Å². The number of hydrogen-bond donors (Lipinski definition) is 0. The van der Waals surface area contributed by atoms with Crippen molar-refractivity contribution in [3.63, 3.8) is 0 Å². The molecule has 0 amide bonds. The third-order valence-electron chi connectivity index (χ3n) is 1.91. The van der Waals surface area contributed by atoms with E-state index in [1.165, 1.54) is 6.20 Å². The third kappa shape index (κ3) is 3.73. The van der Waals surface area contributed by atoms with Gasteiger partial charge in [-0.2, -0.15) is 0 Å². The molecule has 0 unspecified atom stereocenters. The first-order valence-corrected chi connectivity index (χ1v) is 5.01. The van der Waals surface area contributed by atoms with E-state index in [-0.39, 0.29) is 12.4 Å². The van der Waals surface area contributed by atoms with Gasteiger partial charge in [0.05, 0.1) is 11.8 Å². The summed E-state index contributed by atoms with van der Waals surface area (Å²) in [6.07, 6.45) is 3.08.